The lowest BCUT2D eigenvalue weighted by atomic mass is 9.84. The fraction of sp³-hybridized carbons (Fsp3) is 0.500. The van der Waals surface area contributed by atoms with Crippen molar-refractivity contribution in [3.05, 3.63) is 65.0 Å². The first-order valence-corrected chi connectivity index (χ1v) is 11.4. The van der Waals surface area contributed by atoms with E-state index in [1.165, 1.54) is 6.07 Å². The van der Waals surface area contributed by atoms with Crippen molar-refractivity contribution in [2.75, 3.05) is 31.1 Å². The van der Waals surface area contributed by atoms with Gasteiger partial charge in [-0.2, -0.15) is 0 Å². The van der Waals surface area contributed by atoms with Crippen LogP contribution in [0.4, 0.5) is 10.1 Å². The molecule has 1 saturated heterocycles. The van der Waals surface area contributed by atoms with Crippen LogP contribution in [0.5, 0.6) is 0 Å². The fourth-order valence-electron chi connectivity index (χ4n) is 4.81. The number of hydrogen-bond donors (Lipinski definition) is 2. The SMILES string of the molecule is CC(C)(C)C(=O)N1CCc2cc(C(O)CN3CCC(O)(c4ccccc4F)CC3)ccc21. The number of β-amino-alcohol motifs (C(OH)–C–C–N with tert-alkyl or cyclic N) is 1. The lowest BCUT2D eigenvalue weighted by Crippen LogP contribution is -2.44. The van der Waals surface area contributed by atoms with Gasteiger partial charge in [-0.3, -0.25) is 4.79 Å². The molecule has 5 nitrogen and oxygen atoms in total. The number of aliphatic hydroxyl groups is 2. The minimum atomic E-state index is -1.16. The molecule has 0 radical (unpaired) electrons. The van der Waals surface area contributed by atoms with Crippen LogP contribution in [0.15, 0.2) is 42.5 Å². The maximum Gasteiger partial charge on any atom is 0.232 e. The highest BCUT2D eigenvalue weighted by Crippen LogP contribution is 2.36. The van der Waals surface area contributed by atoms with Crippen molar-refractivity contribution in [3.8, 4) is 0 Å². The summed E-state index contributed by atoms with van der Waals surface area (Å²) in [7, 11) is 0. The number of benzene rings is 2. The van der Waals surface area contributed by atoms with Crippen molar-refractivity contribution in [2.45, 2.75) is 51.7 Å². The van der Waals surface area contributed by atoms with Crippen molar-refractivity contribution in [1.82, 2.24) is 4.90 Å². The molecule has 2 aliphatic rings. The highest BCUT2D eigenvalue weighted by Gasteiger charge is 2.37. The minimum absolute atomic E-state index is 0.111. The van der Waals surface area contributed by atoms with E-state index in [1.807, 2.05) is 43.9 Å². The molecule has 32 heavy (non-hydrogen) atoms. The summed E-state index contributed by atoms with van der Waals surface area (Å²) in [6.45, 7) is 8.08. The topological polar surface area (TPSA) is 64.0 Å². The third-order valence-electron chi connectivity index (χ3n) is 6.76. The van der Waals surface area contributed by atoms with Crippen LogP contribution in [0, 0.1) is 11.2 Å². The smallest absolute Gasteiger partial charge is 0.232 e. The van der Waals surface area contributed by atoms with Gasteiger partial charge in [-0.05, 0) is 42.5 Å². The average Bonchev–Trinajstić information content (AvgIpc) is 3.17. The maximum absolute atomic E-state index is 14.2. The summed E-state index contributed by atoms with van der Waals surface area (Å²) in [6, 6.07) is 12.3. The number of rotatable bonds is 4. The second-order valence-corrected chi connectivity index (χ2v) is 10.2. The van der Waals surface area contributed by atoms with E-state index in [0.717, 1.165) is 23.2 Å². The summed E-state index contributed by atoms with van der Waals surface area (Å²) >= 11 is 0. The predicted octanol–water partition coefficient (Wildman–Crippen LogP) is 3.78. The number of anilines is 1. The molecule has 1 amide bonds. The summed E-state index contributed by atoms with van der Waals surface area (Å²) in [4.78, 5) is 16.7. The van der Waals surface area contributed by atoms with Crippen molar-refractivity contribution in [2.24, 2.45) is 5.41 Å². The molecule has 0 saturated carbocycles. The molecule has 0 spiro atoms. The number of likely N-dealkylation sites (tertiary alicyclic amines) is 1. The Bertz CT molecular complexity index is 993. The van der Waals surface area contributed by atoms with Crippen LogP contribution in [-0.4, -0.2) is 47.2 Å². The molecule has 2 aromatic carbocycles. The summed E-state index contributed by atoms with van der Waals surface area (Å²) in [5.41, 5.74) is 1.62. The van der Waals surface area contributed by atoms with Gasteiger partial charge in [0.05, 0.1) is 11.7 Å². The van der Waals surface area contributed by atoms with Crippen LogP contribution < -0.4 is 4.90 Å². The second kappa shape index (κ2) is 8.58. The van der Waals surface area contributed by atoms with E-state index in [9.17, 15) is 19.4 Å². The Balaban J connectivity index is 1.39. The number of amides is 1. The Morgan fingerprint density at radius 3 is 2.47 bits per heavy atom. The highest BCUT2D eigenvalue weighted by atomic mass is 19.1. The lowest BCUT2D eigenvalue weighted by Gasteiger charge is -2.39. The van der Waals surface area contributed by atoms with Gasteiger partial charge in [0.2, 0.25) is 5.91 Å². The monoisotopic (exact) mass is 440 g/mol. The second-order valence-electron chi connectivity index (χ2n) is 10.2. The molecule has 6 heteroatoms. The van der Waals surface area contributed by atoms with Gasteiger partial charge in [0.1, 0.15) is 5.82 Å². The summed E-state index contributed by atoms with van der Waals surface area (Å²) < 4.78 is 14.2. The normalized spacial score (nSPS) is 19.6. The third-order valence-corrected chi connectivity index (χ3v) is 6.76. The molecule has 4 rings (SSSR count). The molecule has 2 N–H and O–H groups in total. The summed E-state index contributed by atoms with van der Waals surface area (Å²) in [5.74, 6) is -0.263. The van der Waals surface area contributed by atoms with Crippen molar-refractivity contribution in [1.29, 1.82) is 0 Å². The number of nitrogens with zero attached hydrogens (tertiary/aromatic N) is 2. The standard InChI is InChI=1S/C26H33FN2O3/c1-25(2,3)24(31)29-13-10-18-16-19(8-9-22(18)29)23(30)17-28-14-11-26(32,12-15-28)20-6-4-5-7-21(20)27/h4-9,16,23,30,32H,10-15,17H2,1-3H3. The first kappa shape index (κ1) is 22.9. The number of carbonyl (C=O) groups is 1. The van der Waals surface area contributed by atoms with Gasteiger partial charge in [-0.15, -0.1) is 0 Å². The Morgan fingerprint density at radius 2 is 1.81 bits per heavy atom. The van der Waals surface area contributed by atoms with Crippen LogP contribution in [0.25, 0.3) is 0 Å². The van der Waals surface area contributed by atoms with Crippen molar-refractivity contribution >= 4 is 11.6 Å². The molecule has 2 heterocycles. The van der Waals surface area contributed by atoms with Crippen molar-refractivity contribution in [3.63, 3.8) is 0 Å². The summed E-state index contributed by atoms with van der Waals surface area (Å²) in [6.07, 6.45) is 0.980. The zero-order chi connectivity index (χ0) is 23.1. The number of halogens is 1. The van der Waals surface area contributed by atoms with Crippen LogP contribution in [0.3, 0.4) is 0 Å². The van der Waals surface area contributed by atoms with Crippen LogP contribution in [-0.2, 0) is 16.8 Å². The van der Waals surface area contributed by atoms with Gasteiger partial charge in [-0.1, -0.05) is 51.1 Å². The number of fused-ring (bicyclic) bond motifs is 1. The Morgan fingerprint density at radius 1 is 1.12 bits per heavy atom. The molecule has 1 fully saturated rings. The summed E-state index contributed by atoms with van der Waals surface area (Å²) in [5, 5.41) is 21.8. The van der Waals surface area contributed by atoms with Gasteiger partial charge in [-0.25, -0.2) is 4.39 Å². The fourth-order valence-corrected chi connectivity index (χ4v) is 4.81. The van der Waals surface area contributed by atoms with E-state index in [1.54, 1.807) is 18.2 Å². The first-order chi connectivity index (χ1) is 15.1. The van der Waals surface area contributed by atoms with Crippen LogP contribution >= 0.6 is 0 Å². The molecule has 1 unspecified atom stereocenters. The van der Waals surface area contributed by atoms with E-state index >= 15 is 0 Å². The molecule has 2 aromatic rings. The number of carbonyl (C=O) groups excluding carboxylic acids is 1. The zero-order valence-corrected chi connectivity index (χ0v) is 19.1. The van der Waals surface area contributed by atoms with Crippen molar-refractivity contribution < 1.29 is 19.4 Å². The maximum atomic E-state index is 14.2. The highest BCUT2D eigenvalue weighted by molar-refractivity contribution is 5.98. The van der Waals surface area contributed by atoms with E-state index < -0.39 is 17.1 Å². The Hall–Kier alpha value is -2.28. The Labute approximate surface area is 189 Å². The molecule has 1 atom stereocenters. The zero-order valence-electron chi connectivity index (χ0n) is 19.1. The predicted molar refractivity (Wildman–Crippen MR) is 123 cm³/mol. The quantitative estimate of drug-likeness (QED) is 0.760. The van der Waals surface area contributed by atoms with E-state index in [2.05, 4.69) is 4.90 Å². The Kier molecular flexibility index (Phi) is 6.14. The molecular formula is C26H33FN2O3. The van der Waals surface area contributed by atoms with Crippen LogP contribution in [0.1, 0.15) is 56.4 Å². The molecule has 0 bridgehead atoms. The molecule has 2 aliphatic heterocycles. The van der Waals surface area contributed by atoms with Gasteiger partial charge in [0.15, 0.2) is 0 Å². The van der Waals surface area contributed by atoms with E-state index in [0.29, 0.717) is 44.6 Å². The van der Waals surface area contributed by atoms with Gasteiger partial charge >= 0.3 is 0 Å². The lowest BCUT2D eigenvalue weighted by molar-refractivity contribution is -0.125. The van der Waals surface area contributed by atoms with Gasteiger partial charge in [0.25, 0.3) is 0 Å². The number of hydrogen-bond acceptors (Lipinski definition) is 4. The molecule has 172 valence electrons. The molecule has 0 aliphatic carbocycles. The number of aliphatic hydroxyl groups excluding tert-OH is 1. The largest absolute Gasteiger partial charge is 0.387 e. The van der Waals surface area contributed by atoms with Crippen LogP contribution in [0.2, 0.25) is 0 Å². The van der Waals surface area contributed by atoms with Gasteiger partial charge in [0, 0.05) is 42.8 Å². The first-order valence-electron chi connectivity index (χ1n) is 11.4. The molecule has 0 aromatic heterocycles. The van der Waals surface area contributed by atoms with E-state index in [-0.39, 0.29) is 11.7 Å². The average molecular weight is 441 g/mol. The number of piperidine rings is 1. The molecular weight excluding hydrogens is 407 g/mol. The van der Waals surface area contributed by atoms with E-state index in [4.69, 9.17) is 0 Å². The third kappa shape index (κ3) is 4.45. The van der Waals surface area contributed by atoms with Gasteiger partial charge < -0.3 is 20.0 Å². The minimum Gasteiger partial charge on any atom is -0.387 e.